The van der Waals surface area contributed by atoms with E-state index in [1.54, 1.807) is 24.3 Å². The van der Waals surface area contributed by atoms with Crippen LogP contribution in [0.15, 0.2) is 24.3 Å². The molecule has 0 aromatic heterocycles. The number of carboxylic acids is 1. The molecule has 18 heavy (non-hydrogen) atoms. The van der Waals surface area contributed by atoms with Crippen molar-refractivity contribution in [2.45, 2.75) is 18.5 Å². The minimum absolute atomic E-state index is 0.237. The summed E-state index contributed by atoms with van der Waals surface area (Å²) in [4.78, 5) is 24.6. The molecule has 0 radical (unpaired) electrons. The van der Waals surface area contributed by atoms with Crippen LogP contribution in [0, 0.1) is 0 Å². The van der Waals surface area contributed by atoms with Crippen LogP contribution in [-0.4, -0.2) is 40.5 Å². The van der Waals surface area contributed by atoms with Crippen molar-refractivity contribution < 1.29 is 14.7 Å². The van der Waals surface area contributed by atoms with E-state index >= 15 is 0 Å². The Morgan fingerprint density at radius 1 is 1.39 bits per heavy atom. The summed E-state index contributed by atoms with van der Waals surface area (Å²) in [6, 6.07) is 5.39. The molecule has 0 saturated carbocycles. The molecule has 1 saturated heterocycles. The highest BCUT2D eigenvalue weighted by Crippen LogP contribution is 2.23. The number of benzene rings is 1. The molecule has 1 aliphatic rings. The topological polar surface area (TPSA) is 83.6 Å². The van der Waals surface area contributed by atoms with E-state index in [-0.39, 0.29) is 24.9 Å². The lowest BCUT2D eigenvalue weighted by molar-refractivity contribution is -0.141. The van der Waals surface area contributed by atoms with Gasteiger partial charge < -0.3 is 15.7 Å². The fourth-order valence-electron chi connectivity index (χ4n) is 2.12. The lowest BCUT2D eigenvalue weighted by Gasteiger charge is -2.21. The Labute approximate surface area is 109 Å². The van der Waals surface area contributed by atoms with E-state index in [1.807, 2.05) is 0 Å². The number of likely N-dealkylation sites (tertiary alicyclic amines) is 1. The molecule has 1 heterocycles. The van der Waals surface area contributed by atoms with Crippen LogP contribution in [-0.2, 0) is 4.79 Å². The van der Waals surface area contributed by atoms with Crippen LogP contribution in [0.1, 0.15) is 16.8 Å². The Hall–Kier alpha value is -1.59. The highest BCUT2D eigenvalue weighted by atomic mass is 35.5. The van der Waals surface area contributed by atoms with Crippen molar-refractivity contribution in [3.63, 3.8) is 0 Å². The van der Waals surface area contributed by atoms with Gasteiger partial charge in [0.05, 0.1) is 10.6 Å². The van der Waals surface area contributed by atoms with Gasteiger partial charge in [0.2, 0.25) is 0 Å². The SMILES string of the molecule is NC1CC(C(=O)O)N(C(=O)c2ccccc2Cl)C1. The summed E-state index contributed by atoms with van der Waals surface area (Å²) in [5, 5.41) is 9.40. The smallest absolute Gasteiger partial charge is 0.326 e. The molecule has 1 fully saturated rings. The molecule has 1 aromatic rings. The molecule has 2 atom stereocenters. The number of nitrogens with two attached hydrogens (primary N) is 1. The zero-order chi connectivity index (χ0) is 13.3. The van der Waals surface area contributed by atoms with Crippen molar-refractivity contribution in [1.82, 2.24) is 4.90 Å². The van der Waals surface area contributed by atoms with Gasteiger partial charge in [-0.1, -0.05) is 23.7 Å². The van der Waals surface area contributed by atoms with Crippen LogP contribution in [0.2, 0.25) is 5.02 Å². The van der Waals surface area contributed by atoms with Crippen molar-refractivity contribution in [2.75, 3.05) is 6.54 Å². The van der Waals surface area contributed by atoms with Crippen molar-refractivity contribution in [2.24, 2.45) is 5.73 Å². The predicted molar refractivity (Wildman–Crippen MR) is 66.5 cm³/mol. The number of rotatable bonds is 2. The quantitative estimate of drug-likeness (QED) is 0.837. The van der Waals surface area contributed by atoms with Crippen LogP contribution >= 0.6 is 11.6 Å². The van der Waals surface area contributed by atoms with Gasteiger partial charge in [-0.25, -0.2) is 4.79 Å². The largest absolute Gasteiger partial charge is 0.480 e. The Kier molecular flexibility index (Phi) is 3.54. The van der Waals surface area contributed by atoms with Gasteiger partial charge in [-0.15, -0.1) is 0 Å². The first-order chi connectivity index (χ1) is 8.50. The molecule has 0 aliphatic carbocycles. The first kappa shape index (κ1) is 12.9. The second kappa shape index (κ2) is 4.96. The van der Waals surface area contributed by atoms with E-state index in [4.69, 9.17) is 22.4 Å². The Bertz CT molecular complexity index is 492. The molecule has 1 aliphatic heterocycles. The number of carbonyl (C=O) groups excluding carboxylic acids is 1. The van der Waals surface area contributed by atoms with E-state index in [1.165, 1.54) is 4.90 Å². The summed E-state index contributed by atoms with van der Waals surface area (Å²) < 4.78 is 0. The Morgan fingerprint density at radius 2 is 2.06 bits per heavy atom. The molecular formula is C12H13ClN2O3. The summed E-state index contributed by atoms with van der Waals surface area (Å²) in [6.45, 7) is 0.237. The predicted octanol–water partition coefficient (Wildman–Crippen LogP) is 0.966. The van der Waals surface area contributed by atoms with Gasteiger partial charge in [-0.2, -0.15) is 0 Å². The molecule has 0 spiro atoms. The first-order valence-corrected chi connectivity index (χ1v) is 5.92. The molecule has 1 amide bonds. The van der Waals surface area contributed by atoms with Gasteiger partial charge in [0, 0.05) is 12.6 Å². The van der Waals surface area contributed by atoms with E-state index in [2.05, 4.69) is 0 Å². The van der Waals surface area contributed by atoms with E-state index in [0.717, 1.165) is 0 Å². The number of halogens is 1. The van der Waals surface area contributed by atoms with Crippen molar-refractivity contribution in [3.8, 4) is 0 Å². The highest BCUT2D eigenvalue weighted by Gasteiger charge is 2.38. The maximum atomic E-state index is 12.3. The maximum absolute atomic E-state index is 12.3. The van der Waals surface area contributed by atoms with Crippen molar-refractivity contribution in [3.05, 3.63) is 34.9 Å². The van der Waals surface area contributed by atoms with E-state index in [9.17, 15) is 9.59 Å². The van der Waals surface area contributed by atoms with Gasteiger partial charge in [-0.3, -0.25) is 4.79 Å². The zero-order valence-electron chi connectivity index (χ0n) is 9.54. The molecule has 96 valence electrons. The summed E-state index contributed by atoms with van der Waals surface area (Å²) in [7, 11) is 0. The van der Waals surface area contributed by atoms with Crippen LogP contribution in [0.4, 0.5) is 0 Å². The average molecular weight is 269 g/mol. The van der Waals surface area contributed by atoms with Crippen LogP contribution in [0.3, 0.4) is 0 Å². The molecule has 2 rings (SSSR count). The number of amides is 1. The Balaban J connectivity index is 2.28. The van der Waals surface area contributed by atoms with Crippen LogP contribution in [0.25, 0.3) is 0 Å². The molecule has 3 N–H and O–H groups in total. The molecule has 1 aromatic carbocycles. The second-order valence-electron chi connectivity index (χ2n) is 4.29. The van der Waals surface area contributed by atoms with Crippen LogP contribution in [0.5, 0.6) is 0 Å². The average Bonchev–Trinajstić information content (AvgIpc) is 2.71. The third kappa shape index (κ3) is 2.32. The standard InChI is InChI=1S/C12H13ClN2O3/c13-9-4-2-1-3-8(9)11(16)15-6-7(14)5-10(15)12(17)18/h1-4,7,10H,5-6,14H2,(H,17,18). The monoisotopic (exact) mass is 268 g/mol. The number of carboxylic acid groups (broad SMARTS) is 1. The molecule has 0 bridgehead atoms. The zero-order valence-corrected chi connectivity index (χ0v) is 10.3. The number of carbonyl (C=O) groups is 2. The summed E-state index contributed by atoms with van der Waals surface area (Å²) in [5.74, 6) is -1.43. The first-order valence-electron chi connectivity index (χ1n) is 5.54. The van der Waals surface area contributed by atoms with Crippen LogP contribution < -0.4 is 5.73 Å². The minimum atomic E-state index is -1.04. The fourth-order valence-corrected chi connectivity index (χ4v) is 2.33. The summed E-state index contributed by atoms with van der Waals surface area (Å²) in [6.07, 6.45) is 0.269. The van der Waals surface area contributed by atoms with Crippen molar-refractivity contribution in [1.29, 1.82) is 0 Å². The summed E-state index contributed by atoms with van der Waals surface area (Å²) >= 11 is 5.94. The molecule has 2 unspecified atom stereocenters. The van der Waals surface area contributed by atoms with Gasteiger partial charge >= 0.3 is 5.97 Å². The molecule has 6 heteroatoms. The third-order valence-electron chi connectivity index (χ3n) is 2.98. The number of nitrogens with zero attached hydrogens (tertiary/aromatic N) is 1. The maximum Gasteiger partial charge on any atom is 0.326 e. The normalized spacial score (nSPS) is 23.1. The molecular weight excluding hydrogens is 256 g/mol. The number of aliphatic carboxylic acids is 1. The fraction of sp³-hybridized carbons (Fsp3) is 0.333. The molecule has 5 nitrogen and oxygen atoms in total. The third-order valence-corrected chi connectivity index (χ3v) is 3.31. The number of hydrogen-bond acceptors (Lipinski definition) is 3. The van der Waals surface area contributed by atoms with Gasteiger partial charge in [0.15, 0.2) is 0 Å². The minimum Gasteiger partial charge on any atom is -0.480 e. The van der Waals surface area contributed by atoms with E-state index in [0.29, 0.717) is 10.6 Å². The van der Waals surface area contributed by atoms with Crippen molar-refractivity contribution >= 4 is 23.5 Å². The lowest BCUT2D eigenvalue weighted by atomic mass is 10.1. The number of hydrogen-bond donors (Lipinski definition) is 2. The second-order valence-corrected chi connectivity index (χ2v) is 4.69. The van der Waals surface area contributed by atoms with Gasteiger partial charge in [-0.05, 0) is 18.6 Å². The Morgan fingerprint density at radius 3 is 2.67 bits per heavy atom. The van der Waals surface area contributed by atoms with Gasteiger partial charge in [0.25, 0.3) is 5.91 Å². The van der Waals surface area contributed by atoms with Gasteiger partial charge in [0.1, 0.15) is 6.04 Å². The summed E-state index contributed by atoms with van der Waals surface area (Å²) in [5.41, 5.74) is 6.02. The highest BCUT2D eigenvalue weighted by molar-refractivity contribution is 6.33. The lowest BCUT2D eigenvalue weighted by Crippen LogP contribution is -2.40. The van der Waals surface area contributed by atoms with E-state index < -0.39 is 12.0 Å².